The summed E-state index contributed by atoms with van der Waals surface area (Å²) in [6.07, 6.45) is 10.0. The van der Waals surface area contributed by atoms with Gasteiger partial charge in [-0.05, 0) is 98.2 Å². The van der Waals surface area contributed by atoms with Crippen molar-refractivity contribution in [2.24, 2.45) is 52.8 Å². The van der Waals surface area contributed by atoms with E-state index in [1.165, 1.54) is 38.5 Å². The lowest BCUT2D eigenvalue weighted by Gasteiger charge is -2.56. The Balaban J connectivity index is 1.17. The Labute approximate surface area is 182 Å². The third-order valence-electron chi connectivity index (χ3n) is 11.3. The second kappa shape index (κ2) is 7.02. The van der Waals surface area contributed by atoms with E-state index < -0.39 is 0 Å². The molecule has 0 amide bonds. The number of Topliss-reactive ketones (excluding diaryl/α,β-unsaturated/α-hetero) is 1. The summed E-state index contributed by atoms with van der Waals surface area (Å²) in [7, 11) is 0. The molecule has 168 valence electrons. The Hall–Kier alpha value is -0.450. The lowest BCUT2D eigenvalue weighted by atomic mass is 9.49. The average molecular weight is 416 g/mol. The standard InChI is InChI=1S/C26H41NO3/c1-16-13-20-17-7-8-25(2)21(18(17)3-4-19(20)23-14-26(16,23)29)5-6-22(25)24(28)15-27-9-11-30-12-10-27/h16-23,29H,3-15H2,1-2H3. The molecule has 0 aromatic heterocycles. The van der Waals surface area contributed by atoms with Crippen LogP contribution < -0.4 is 0 Å². The molecule has 0 aromatic carbocycles. The molecule has 0 bridgehead atoms. The minimum Gasteiger partial charge on any atom is -0.389 e. The Kier molecular flexibility index (Phi) is 4.72. The van der Waals surface area contributed by atoms with Crippen LogP contribution in [0.5, 0.6) is 0 Å². The van der Waals surface area contributed by atoms with E-state index in [1.54, 1.807) is 0 Å². The Morgan fingerprint density at radius 2 is 1.73 bits per heavy atom. The van der Waals surface area contributed by atoms with Crippen LogP contribution in [0.25, 0.3) is 0 Å². The molecule has 1 N–H and O–H groups in total. The van der Waals surface area contributed by atoms with E-state index in [0.29, 0.717) is 24.2 Å². The molecule has 4 heteroatoms. The maximum atomic E-state index is 13.4. The van der Waals surface area contributed by atoms with Crippen molar-refractivity contribution in [3.05, 3.63) is 0 Å². The second-order valence-electron chi connectivity index (χ2n) is 12.3. The quantitative estimate of drug-likeness (QED) is 0.762. The van der Waals surface area contributed by atoms with E-state index in [4.69, 9.17) is 4.74 Å². The van der Waals surface area contributed by atoms with Gasteiger partial charge in [0.1, 0.15) is 5.78 Å². The number of fused-ring (bicyclic) bond motifs is 7. The fraction of sp³-hybridized carbons (Fsp3) is 0.962. The van der Waals surface area contributed by atoms with Crippen LogP contribution in [0.2, 0.25) is 0 Å². The van der Waals surface area contributed by atoms with Gasteiger partial charge in [0, 0.05) is 19.0 Å². The second-order valence-corrected chi connectivity index (χ2v) is 12.3. The third kappa shape index (κ3) is 2.85. The number of ether oxygens (including phenoxy) is 1. The van der Waals surface area contributed by atoms with Crippen molar-refractivity contribution < 1.29 is 14.6 Å². The summed E-state index contributed by atoms with van der Waals surface area (Å²) in [5, 5.41) is 10.9. The first kappa shape index (κ1) is 20.2. The predicted octanol–water partition coefficient (Wildman–Crippen LogP) is 3.76. The fourth-order valence-corrected chi connectivity index (χ4v) is 9.64. The van der Waals surface area contributed by atoms with Crippen LogP contribution in [0.4, 0.5) is 0 Å². The van der Waals surface area contributed by atoms with E-state index in [2.05, 4.69) is 18.7 Å². The first-order chi connectivity index (χ1) is 14.4. The highest BCUT2D eigenvalue weighted by Gasteiger charge is 2.67. The smallest absolute Gasteiger partial charge is 0.150 e. The van der Waals surface area contributed by atoms with Crippen LogP contribution in [0, 0.1) is 52.8 Å². The molecule has 1 aliphatic heterocycles. The average Bonchev–Trinajstić information content (AvgIpc) is 3.32. The van der Waals surface area contributed by atoms with Gasteiger partial charge in [-0.2, -0.15) is 0 Å². The maximum Gasteiger partial charge on any atom is 0.150 e. The van der Waals surface area contributed by atoms with Crippen molar-refractivity contribution in [1.82, 2.24) is 4.90 Å². The predicted molar refractivity (Wildman–Crippen MR) is 116 cm³/mol. The highest BCUT2D eigenvalue weighted by molar-refractivity contribution is 5.84. The van der Waals surface area contributed by atoms with Gasteiger partial charge in [-0.15, -0.1) is 0 Å². The summed E-state index contributed by atoms with van der Waals surface area (Å²) in [5.41, 5.74) is -0.0699. The summed E-state index contributed by atoms with van der Waals surface area (Å²) in [4.78, 5) is 15.7. The first-order valence-corrected chi connectivity index (χ1v) is 13.0. The Morgan fingerprint density at radius 1 is 1.00 bits per heavy atom. The number of hydrogen-bond donors (Lipinski definition) is 1. The molecule has 0 aromatic rings. The molecule has 1 saturated heterocycles. The summed E-state index contributed by atoms with van der Waals surface area (Å²) < 4.78 is 5.47. The lowest BCUT2D eigenvalue weighted by Crippen LogP contribution is -2.52. The number of carbonyl (C=O) groups is 1. The number of morpholine rings is 1. The Bertz CT molecular complexity index is 704. The monoisotopic (exact) mass is 415 g/mol. The van der Waals surface area contributed by atoms with Crippen LogP contribution >= 0.6 is 0 Å². The van der Waals surface area contributed by atoms with Crippen molar-refractivity contribution in [1.29, 1.82) is 0 Å². The molecule has 5 saturated carbocycles. The van der Waals surface area contributed by atoms with Gasteiger partial charge in [0.05, 0.1) is 25.4 Å². The molecule has 6 fully saturated rings. The molecule has 10 unspecified atom stereocenters. The number of carbonyl (C=O) groups excluding carboxylic acids is 1. The molecule has 0 radical (unpaired) electrons. The molecular formula is C26H41NO3. The largest absolute Gasteiger partial charge is 0.389 e. The van der Waals surface area contributed by atoms with Gasteiger partial charge >= 0.3 is 0 Å². The zero-order chi connectivity index (χ0) is 20.7. The Morgan fingerprint density at radius 3 is 2.50 bits per heavy atom. The van der Waals surface area contributed by atoms with Crippen molar-refractivity contribution in [3.8, 4) is 0 Å². The molecule has 4 nitrogen and oxygen atoms in total. The SMILES string of the molecule is CC1CC2C3CCC4(C)C(C(=O)CN5CCOCC5)CCC4C3CCC2C2CC12O. The van der Waals surface area contributed by atoms with E-state index in [0.717, 1.165) is 68.7 Å². The van der Waals surface area contributed by atoms with Gasteiger partial charge in [0.2, 0.25) is 0 Å². The van der Waals surface area contributed by atoms with Crippen LogP contribution in [-0.2, 0) is 9.53 Å². The van der Waals surface area contributed by atoms with Crippen molar-refractivity contribution in [3.63, 3.8) is 0 Å². The molecule has 30 heavy (non-hydrogen) atoms. The zero-order valence-corrected chi connectivity index (χ0v) is 19.0. The normalized spacial score (nSPS) is 55.2. The van der Waals surface area contributed by atoms with Crippen LogP contribution in [0.3, 0.4) is 0 Å². The molecule has 6 aliphatic rings. The highest BCUT2D eigenvalue weighted by Crippen LogP contribution is 2.69. The third-order valence-corrected chi connectivity index (χ3v) is 11.3. The number of hydrogen-bond acceptors (Lipinski definition) is 4. The van der Waals surface area contributed by atoms with Crippen molar-refractivity contribution in [2.45, 2.75) is 70.8 Å². The summed E-state index contributed by atoms with van der Waals surface area (Å²) >= 11 is 0. The van der Waals surface area contributed by atoms with Crippen LogP contribution in [0.1, 0.15) is 65.2 Å². The van der Waals surface area contributed by atoms with E-state index >= 15 is 0 Å². The van der Waals surface area contributed by atoms with Crippen molar-refractivity contribution >= 4 is 5.78 Å². The van der Waals surface area contributed by atoms with Crippen LogP contribution in [0.15, 0.2) is 0 Å². The fourth-order valence-electron chi connectivity index (χ4n) is 9.64. The van der Waals surface area contributed by atoms with E-state index in [9.17, 15) is 9.90 Å². The van der Waals surface area contributed by atoms with Gasteiger partial charge in [-0.3, -0.25) is 9.69 Å². The van der Waals surface area contributed by atoms with Gasteiger partial charge in [-0.1, -0.05) is 13.8 Å². The van der Waals surface area contributed by atoms with Gasteiger partial charge in [0.15, 0.2) is 0 Å². The summed E-state index contributed by atoms with van der Waals surface area (Å²) in [6, 6.07) is 0. The first-order valence-electron chi connectivity index (χ1n) is 13.0. The molecule has 1 heterocycles. The number of nitrogens with zero attached hydrogens (tertiary/aromatic N) is 1. The molecule has 0 spiro atoms. The minimum absolute atomic E-state index is 0.234. The van der Waals surface area contributed by atoms with Gasteiger partial charge in [-0.25, -0.2) is 0 Å². The maximum absolute atomic E-state index is 13.4. The number of aliphatic hydroxyl groups is 1. The van der Waals surface area contributed by atoms with Gasteiger partial charge < -0.3 is 9.84 Å². The molecule has 6 rings (SSSR count). The minimum atomic E-state index is -0.304. The number of ketones is 1. The van der Waals surface area contributed by atoms with Gasteiger partial charge in [0.25, 0.3) is 0 Å². The highest BCUT2D eigenvalue weighted by atomic mass is 16.5. The number of rotatable bonds is 3. The van der Waals surface area contributed by atoms with E-state index in [-0.39, 0.29) is 16.9 Å². The van der Waals surface area contributed by atoms with Crippen molar-refractivity contribution in [2.75, 3.05) is 32.8 Å². The van der Waals surface area contributed by atoms with Crippen LogP contribution in [-0.4, -0.2) is 54.2 Å². The molecule has 10 atom stereocenters. The summed E-state index contributed by atoms with van der Waals surface area (Å²) in [6.45, 7) is 8.82. The topological polar surface area (TPSA) is 49.8 Å². The summed E-state index contributed by atoms with van der Waals surface area (Å²) in [5.74, 6) is 5.98. The zero-order valence-electron chi connectivity index (χ0n) is 19.0. The lowest BCUT2D eigenvalue weighted by molar-refractivity contribution is -0.133. The molecular weight excluding hydrogens is 374 g/mol. The van der Waals surface area contributed by atoms with E-state index in [1.807, 2.05) is 0 Å². The molecule has 5 aliphatic carbocycles.